The highest BCUT2D eigenvalue weighted by molar-refractivity contribution is 5.92. The van der Waals surface area contributed by atoms with Gasteiger partial charge < -0.3 is 15.8 Å². The van der Waals surface area contributed by atoms with Gasteiger partial charge in [0.25, 0.3) is 0 Å². The van der Waals surface area contributed by atoms with Crippen molar-refractivity contribution in [2.45, 2.75) is 33.3 Å². The fourth-order valence-electron chi connectivity index (χ4n) is 2.14. The summed E-state index contributed by atoms with van der Waals surface area (Å²) in [5.41, 5.74) is 9.03. The van der Waals surface area contributed by atoms with Crippen LogP contribution in [-0.2, 0) is 11.2 Å². The molecule has 0 spiro atoms. The van der Waals surface area contributed by atoms with Crippen LogP contribution < -0.4 is 15.8 Å². The number of rotatable bonds is 5. The van der Waals surface area contributed by atoms with Crippen molar-refractivity contribution in [1.29, 1.82) is 0 Å². The molecule has 0 aromatic heterocycles. The van der Waals surface area contributed by atoms with Gasteiger partial charge in [-0.05, 0) is 62.2 Å². The molecule has 124 valence electrons. The van der Waals surface area contributed by atoms with Crippen molar-refractivity contribution < 1.29 is 9.53 Å². The summed E-state index contributed by atoms with van der Waals surface area (Å²) in [4.78, 5) is 12.1. The van der Waals surface area contributed by atoms with Crippen LogP contribution >= 0.6 is 12.4 Å². The number of hydrogen-bond donors (Lipinski definition) is 2. The maximum absolute atomic E-state index is 12.1. The van der Waals surface area contributed by atoms with Crippen LogP contribution in [0, 0.1) is 6.92 Å². The summed E-state index contributed by atoms with van der Waals surface area (Å²) >= 11 is 0. The first-order valence-electron chi connectivity index (χ1n) is 7.35. The molecular weight excluding hydrogens is 312 g/mol. The molecular formula is C18H23ClN2O2. The lowest BCUT2D eigenvalue weighted by Gasteiger charge is -2.14. The molecule has 0 radical (unpaired) electrons. The van der Waals surface area contributed by atoms with Gasteiger partial charge in [0.1, 0.15) is 5.75 Å². The number of nitrogens with two attached hydrogens (primary N) is 1. The first-order chi connectivity index (χ1) is 10.4. The molecule has 3 N–H and O–H groups in total. The van der Waals surface area contributed by atoms with Crippen LogP contribution in [0.15, 0.2) is 42.5 Å². The normalized spacial score (nSPS) is 10.1. The number of halogens is 1. The summed E-state index contributed by atoms with van der Waals surface area (Å²) in [6.45, 7) is 5.94. The molecule has 0 bridgehead atoms. The second kappa shape index (κ2) is 8.44. The van der Waals surface area contributed by atoms with Crippen molar-refractivity contribution in [3.63, 3.8) is 0 Å². The molecule has 0 saturated heterocycles. The van der Waals surface area contributed by atoms with Gasteiger partial charge in [0, 0.05) is 11.4 Å². The number of aryl methyl sites for hydroxylation is 1. The van der Waals surface area contributed by atoms with Crippen LogP contribution in [-0.4, -0.2) is 12.0 Å². The van der Waals surface area contributed by atoms with Gasteiger partial charge in [-0.2, -0.15) is 0 Å². The van der Waals surface area contributed by atoms with Crippen LogP contribution in [0.4, 0.5) is 11.4 Å². The van der Waals surface area contributed by atoms with Crippen molar-refractivity contribution in [1.82, 2.24) is 0 Å². The highest BCUT2D eigenvalue weighted by atomic mass is 35.5. The van der Waals surface area contributed by atoms with Gasteiger partial charge in [0.2, 0.25) is 5.91 Å². The zero-order chi connectivity index (χ0) is 16.1. The predicted molar refractivity (Wildman–Crippen MR) is 97.4 cm³/mol. The predicted octanol–water partition coefficient (Wildman–Crippen LogP) is 3.97. The quantitative estimate of drug-likeness (QED) is 0.813. The van der Waals surface area contributed by atoms with E-state index in [4.69, 9.17) is 10.5 Å². The van der Waals surface area contributed by atoms with E-state index in [1.165, 1.54) is 0 Å². The number of carbonyl (C=O) groups excluding carboxylic acids is 1. The first-order valence-corrected chi connectivity index (χ1v) is 7.35. The van der Waals surface area contributed by atoms with Crippen LogP contribution in [0.3, 0.4) is 0 Å². The number of nitrogen functional groups attached to an aromatic ring is 1. The number of amides is 1. The van der Waals surface area contributed by atoms with Gasteiger partial charge in [0.05, 0.1) is 12.5 Å². The van der Waals surface area contributed by atoms with E-state index in [2.05, 4.69) is 5.32 Å². The van der Waals surface area contributed by atoms with Crippen molar-refractivity contribution in [3.8, 4) is 5.75 Å². The average Bonchev–Trinajstić information content (AvgIpc) is 2.44. The summed E-state index contributed by atoms with van der Waals surface area (Å²) in [7, 11) is 0. The fraction of sp³-hybridized carbons (Fsp3) is 0.278. The van der Waals surface area contributed by atoms with Gasteiger partial charge in [-0.3, -0.25) is 4.79 Å². The Kier molecular flexibility index (Phi) is 6.91. The molecule has 0 aliphatic heterocycles. The molecule has 0 heterocycles. The topological polar surface area (TPSA) is 64.4 Å². The van der Waals surface area contributed by atoms with E-state index in [9.17, 15) is 4.79 Å². The molecule has 4 nitrogen and oxygen atoms in total. The number of nitrogens with one attached hydrogen (secondary N) is 1. The third-order valence-corrected chi connectivity index (χ3v) is 3.17. The smallest absolute Gasteiger partial charge is 0.228 e. The molecule has 5 heteroatoms. The van der Waals surface area contributed by atoms with E-state index in [1.807, 2.05) is 51.1 Å². The van der Waals surface area contributed by atoms with Gasteiger partial charge in [-0.25, -0.2) is 0 Å². The molecule has 1 amide bonds. The number of carbonyl (C=O) groups is 1. The summed E-state index contributed by atoms with van der Waals surface area (Å²) in [6, 6.07) is 13.0. The van der Waals surface area contributed by atoms with E-state index in [0.29, 0.717) is 12.1 Å². The van der Waals surface area contributed by atoms with Gasteiger partial charge in [-0.15, -0.1) is 12.4 Å². The summed E-state index contributed by atoms with van der Waals surface area (Å²) in [5.74, 6) is 0.785. The lowest BCUT2D eigenvalue weighted by atomic mass is 10.1. The van der Waals surface area contributed by atoms with Crippen molar-refractivity contribution in [3.05, 3.63) is 53.6 Å². The molecule has 0 aliphatic rings. The Labute approximate surface area is 143 Å². The van der Waals surface area contributed by atoms with E-state index >= 15 is 0 Å². The highest BCUT2D eigenvalue weighted by Crippen LogP contribution is 2.23. The van der Waals surface area contributed by atoms with Gasteiger partial charge in [0.15, 0.2) is 0 Å². The maximum Gasteiger partial charge on any atom is 0.228 e. The van der Waals surface area contributed by atoms with E-state index in [-0.39, 0.29) is 24.4 Å². The number of benzene rings is 2. The van der Waals surface area contributed by atoms with Crippen LogP contribution in [0.2, 0.25) is 0 Å². The molecule has 0 aliphatic carbocycles. The first kappa shape index (κ1) is 18.8. The molecule has 2 aromatic carbocycles. The minimum absolute atomic E-state index is 0. The Morgan fingerprint density at radius 2 is 1.83 bits per heavy atom. The molecule has 0 saturated carbocycles. The molecule has 0 fully saturated rings. The number of anilines is 2. The van der Waals surface area contributed by atoms with Crippen molar-refractivity contribution in [2.24, 2.45) is 0 Å². The molecule has 2 rings (SSSR count). The molecule has 23 heavy (non-hydrogen) atoms. The number of hydrogen-bond acceptors (Lipinski definition) is 3. The molecule has 2 aromatic rings. The minimum atomic E-state index is -0.0540. The lowest BCUT2D eigenvalue weighted by Crippen LogP contribution is -2.14. The van der Waals surface area contributed by atoms with Crippen LogP contribution in [0.1, 0.15) is 25.0 Å². The van der Waals surface area contributed by atoms with Crippen molar-refractivity contribution >= 4 is 29.7 Å². The Hall–Kier alpha value is -2.20. The molecule has 0 unspecified atom stereocenters. The number of ether oxygens (including phenoxy) is 1. The van der Waals surface area contributed by atoms with E-state index in [1.54, 1.807) is 12.1 Å². The zero-order valence-corrected chi connectivity index (χ0v) is 14.4. The lowest BCUT2D eigenvalue weighted by molar-refractivity contribution is -0.115. The van der Waals surface area contributed by atoms with E-state index in [0.717, 1.165) is 22.6 Å². The SMILES string of the molecule is Cc1cc(NC(=O)Cc2ccc(N)cc2)ccc1OC(C)C.Cl. The van der Waals surface area contributed by atoms with Gasteiger partial charge in [-0.1, -0.05) is 12.1 Å². The maximum atomic E-state index is 12.1. The molecule has 0 atom stereocenters. The summed E-state index contributed by atoms with van der Waals surface area (Å²) in [5, 5.41) is 2.90. The Bertz CT molecular complexity index is 655. The second-order valence-electron chi connectivity index (χ2n) is 5.61. The third-order valence-electron chi connectivity index (χ3n) is 3.17. The van der Waals surface area contributed by atoms with Crippen LogP contribution in [0.25, 0.3) is 0 Å². The third kappa shape index (κ3) is 5.83. The monoisotopic (exact) mass is 334 g/mol. The second-order valence-corrected chi connectivity index (χ2v) is 5.61. The largest absolute Gasteiger partial charge is 0.491 e. The zero-order valence-electron chi connectivity index (χ0n) is 13.6. The highest BCUT2D eigenvalue weighted by Gasteiger charge is 2.07. The Morgan fingerprint density at radius 3 is 2.39 bits per heavy atom. The minimum Gasteiger partial charge on any atom is -0.491 e. The average molecular weight is 335 g/mol. The Morgan fingerprint density at radius 1 is 1.17 bits per heavy atom. The summed E-state index contributed by atoms with van der Waals surface area (Å²) < 4.78 is 5.69. The van der Waals surface area contributed by atoms with Crippen molar-refractivity contribution in [2.75, 3.05) is 11.1 Å². The standard InChI is InChI=1S/C18H22N2O2.ClH/c1-12(2)22-17-9-8-16(10-13(17)3)20-18(21)11-14-4-6-15(19)7-5-14;/h4-10,12H,11,19H2,1-3H3,(H,20,21);1H. The fourth-order valence-corrected chi connectivity index (χ4v) is 2.14. The van der Waals surface area contributed by atoms with E-state index < -0.39 is 0 Å². The van der Waals surface area contributed by atoms with Crippen LogP contribution in [0.5, 0.6) is 5.75 Å². The Balaban J connectivity index is 0.00000264. The summed E-state index contributed by atoms with van der Waals surface area (Å²) in [6.07, 6.45) is 0.452. The van der Waals surface area contributed by atoms with Gasteiger partial charge >= 0.3 is 0 Å².